The molecule has 1 amide bonds. The van der Waals surface area contributed by atoms with Crippen LogP contribution in [0.15, 0.2) is 18.2 Å². The van der Waals surface area contributed by atoms with Crippen LogP contribution in [0.5, 0.6) is 0 Å². The van der Waals surface area contributed by atoms with Crippen LogP contribution in [0.2, 0.25) is 0 Å². The van der Waals surface area contributed by atoms with Gasteiger partial charge >= 0.3 is 5.97 Å². The van der Waals surface area contributed by atoms with Crippen LogP contribution in [0.4, 0.5) is 0 Å². The summed E-state index contributed by atoms with van der Waals surface area (Å²) in [6.45, 7) is 2.57. The summed E-state index contributed by atoms with van der Waals surface area (Å²) >= 11 is 0. The summed E-state index contributed by atoms with van der Waals surface area (Å²) < 4.78 is 5.34. The summed E-state index contributed by atoms with van der Waals surface area (Å²) in [6.07, 6.45) is 2.36. The predicted octanol–water partition coefficient (Wildman–Crippen LogP) is 2.18. The fraction of sp³-hybridized carbons (Fsp3) is 0.444. The maximum Gasteiger partial charge on any atom is 0.335 e. The minimum Gasteiger partial charge on any atom is -0.478 e. The Labute approximate surface area is 139 Å². The molecule has 0 radical (unpaired) electrons. The van der Waals surface area contributed by atoms with Crippen molar-refractivity contribution in [3.63, 3.8) is 0 Å². The van der Waals surface area contributed by atoms with Crippen molar-refractivity contribution < 1.29 is 19.4 Å². The molecule has 6 heteroatoms. The second-order valence-corrected chi connectivity index (χ2v) is 6.54. The largest absolute Gasteiger partial charge is 0.478 e. The molecule has 2 aromatic rings. The zero-order valence-corrected chi connectivity index (χ0v) is 13.4. The highest BCUT2D eigenvalue weighted by molar-refractivity contribution is 5.95. The minimum atomic E-state index is -0.933. The Morgan fingerprint density at radius 1 is 1.25 bits per heavy atom. The van der Waals surface area contributed by atoms with Crippen molar-refractivity contribution in [3.8, 4) is 0 Å². The maximum atomic E-state index is 12.8. The van der Waals surface area contributed by atoms with Crippen molar-refractivity contribution in [1.29, 1.82) is 0 Å². The van der Waals surface area contributed by atoms with Gasteiger partial charge in [0.2, 0.25) is 5.91 Å². The highest BCUT2D eigenvalue weighted by atomic mass is 16.5. The summed E-state index contributed by atoms with van der Waals surface area (Å²) in [5.41, 5.74) is 3.38. The van der Waals surface area contributed by atoms with E-state index < -0.39 is 5.97 Å². The lowest BCUT2D eigenvalue weighted by molar-refractivity contribution is -0.139. The number of fused-ring (bicyclic) bond motifs is 3. The summed E-state index contributed by atoms with van der Waals surface area (Å²) in [5, 5.41) is 10.1. The van der Waals surface area contributed by atoms with Gasteiger partial charge in [-0.05, 0) is 31.0 Å². The monoisotopic (exact) mass is 328 g/mol. The average Bonchev–Trinajstić information content (AvgIpc) is 2.98. The van der Waals surface area contributed by atoms with Gasteiger partial charge in [0.1, 0.15) is 0 Å². The van der Waals surface area contributed by atoms with Gasteiger partial charge in [0.15, 0.2) is 0 Å². The van der Waals surface area contributed by atoms with Crippen molar-refractivity contribution in [3.05, 3.63) is 35.0 Å². The normalized spacial score (nSPS) is 18.6. The number of carbonyl (C=O) groups is 2. The van der Waals surface area contributed by atoms with E-state index in [1.165, 1.54) is 0 Å². The van der Waals surface area contributed by atoms with E-state index in [0.29, 0.717) is 26.3 Å². The average molecular weight is 328 g/mol. The molecule has 2 N–H and O–H groups in total. The van der Waals surface area contributed by atoms with Crippen LogP contribution in [0, 0.1) is 5.92 Å². The van der Waals surface area contributed by atoms with Crippen molar-refractivity contribution >= 4 is 22.8 Å². The number of nitrogens with one attached hydrogen (secondary N) is 1. The van der Waals surface area contributed by atoms with E-state index in [2.05, 4.69) is 4.98 Å². The van der Waals surface area contributed by atoms with Gasteiger partial charge in [0.05, 0.1) is 5.56 Å². The number of hydrogen-bond donors (Lipinski definition) is 2. The van der Waals surface area contributed by atoms with E-state index in [9.17, 15) is 14.7 Å². The molecular weight excluding hydrogens is 308 g/mol. The zero-order valence-electron chi connectivity index (χ0n) is 13.4. The molecule has 0 atom stereocenters. The number of benzene rings is 1. The molecule has 1 fully saturated rings. The number of carboxylic acids is 1. The summed E-state index contributed by atoms with van der Waals surface area (Å²) in [7, 11) is 0. The predicted molar refractivity (Wildman–Crippen MR) is 87.9 cm³/mol. The van der Waals surface area contributed by atoms with E-state index in [1.807, 2.05) is 11.0 Å². The van der Waals surface area contributed by atoms with E-state index >= 15 is 0 Å². The number of aromatic amines is 1. The van der Waals surface area contributed by atoms with Crippen LogP contribution < -0.4 is 0 Å². The number of hydrogen-bond acceptors (Lipinski definition) is 3. The fourth-order valence-electron chi connectivity index (χ4n) is 3.74. The number of ether oxygens (including phenoxy) is 1. The zero-order chi connectivity index (χ0) is 16.7. The highest BCUT2D eigenvalue weighted by Gasteiger charge is 2.30. The van der Waals surface area contributed by atoms with Crippen molar-refractivity contribution in [1.82, 2.24) is 9.88 Å². The van der Waals surface area contributed by atoms with E-state index in [-0.39, 0.29) is 17.4 Å². The first-order chi connectivity index (χ1) is 11.6. The molecule has 0 bridgehead atoms. The van der Waals surface area contributed by atoms with Gasteiger partial charge < -0.3 is 19.7 Å². The molecule has 1 aromatic heterocycles. The molecule has 1 saturated heterocycles. The molecule has 0 saturated carbocycles. The molecule has 2 aliphatic rings. The molecular formula is C18H20N2O4. The molecule has 4 rings (SSSR count). The fourth-order valence-corrected chi connectivity index (χ4v) is 3.74. The first kappa shape index (κ1) is 15.2. The van der Waals surface area contributed by atoms with E-state index in [0.717, 1.165) is 41.4 Å². The molecule has 24 heavy (non-hydrogen) atoms. The van der Waals surface area contributed by atoms with Crippen molar-refractivity contribution in [2.75, 3.05) is 19.8 Å². The summed E-state index contributed by atoms with van der Waals surface area (Å²) in [6, 6.07) is 5.12. The van der Waals surface area contributed by atoms with Gasteiger partial charge in [0, 0.05) is 60.8 Å². The third kappa shape index (κ3) is 2.57. The Balaban J connectivity index is 1.63. The van der Waals surface area contributed by atoms with Gasteiger partial charge in [-0.15, -0.1) is 0 Å². The number of carbonyl (C=O) groups excluding carboxylic acids is 1. The topological polar surface area (TPSA) is 82.6 Å². The van der Waals surface area contributed by atoms with Crippen LogP contribution >= 0.6 is 0 Å². The maximum absolute atomic E-state index is 12.8. The lowest BCUT2D eigenvalue weighted by Gasteiger charge is -2.32. The standard InChI is InChI=1S/C18H20N2O4/c21-17(11-4-7-24-8-5-11)20-6-3-16-14(10-20)13-9-12(18(22)23)1-2-15(13)19-16/h1-2,9,11,19H,3-8,10H2,(H,22,23). The summed E-state index contributed by atoms with van der Waals surface area (Å²) in [4.78, 5) is 29.3. The summed E-state index contributed by atoms with van der Waals surface area (Å²) in [5.74, 6) is -0.675. The molecule has 3 heterocycles. The third-order valence-electron chi connectivity index (χ3n) is 5.10. The quantitative estimate of drug-likeness (QED) is 0.885. The van der Waals surface area contributed by atoms with Gasteiger partial charge in [-0.3, -0.25) is 4.79 Å². The van der Waals surface area contributed by atoms with Crippen molar-refractivity contribution in [2.45, 2.75) is 25.8 Å². The number of H-pyrrole nitrogens is 1. The Kier molecular flexibility index (Phi) is 3.76. The van der Waals surface area contributed by atoms with Gasteiger partial charge in [0.25, 0.3) is 0 Å². The molecule has 0 aliphatic carbocycles. The Hall–Kier alpha value is -2.34. The van der Waals surface area contributed by atoms with E-state index in [4.69, 9.17) is 4.74 Å². The molecule has 1 aromatic carbocycles. The lowest BCUT2D eigenvalue weighted by atomic mass is 9.96. The van der Waals surface area contributed by atoms with Crippen LogP contribution in [-0.2, 0) is 22.5 Å². The third-order valence-corrected chi connectivity index (χ3v) is 5.10. The van der Waals surface area contributed by atoms with Gasteiger partial charge in [-0.1, -0.05) is 0 Å². The molecule has 2 aliphatic heterocycles. The Morgan fingerprint density at radius 3 is 2.79 bits per heavy atom. The van der Waals surface area contributed by atoms with Gasteiger partial charge in [-0.25, -0.2) is 4.79 Å². The number of aromatic nitrogens is 1. The van der Waals surface area contributed by atoms with Crippen molar-refractivity contribution in [2.24, 2.45) is 5.92 Å². The minimum absolute atomic E-state index is 0.0556. The molecule has 6 nitrogen and oxygen atoms in total. The van der Waals surface area contributed by atoms with Gasteiger partial charge in [-0.2, -0.15) is 0 Å². The Bertz CT molecular complexity index is 805. The number of rotatable bonds is 2. The first-order valence-corrected chi connectivity index (χ1v) is 8.37. The first-order valence-electron chi connectivity index (χ1n) is 8.37. The van der Waals surface area contributed by atoms with Crippen LogP contribution in [0.1, 0.15) is 34.5 Å². The SMILES string of the molecule is O=C(O)c1ccc2[nH]c3c(c2c1)CN(C(=O)C1CCOCC1)CC3. The molecule has 126 valence electrons. The second-order valence-electron chi connectivity index (χ2n) is 6.54. The number of aromatic carboxylic acids is 1. The lowest BCUT2D eigenvalue weighted by Crippen LogP contribution is -2.41. The number of amides is 1. The van der Waals surface area contributed by atoms with Crippen LogP contribution in [0.3, 0.4) is 0 Å². The van der Waals surface area contributed by atoms with Crippen LogP contribution in [-0.4, -0.2) is 46.6 Å². The van der Waals surface area contributed by atoms with Crippen LogP contribution in [0.25, 0.3) is 10.9 Å². The smallest absolute Gasteiger partial charge is 0.335 e. The Morgan fingerprint density at radius 2 is 2.04 bits per heavy atom. The highest BCUT2D eigenvalue weighted by Crippen LogP contribution is 2.30. The second kappa shape index (κ2) is 5.94. The molecule has 0 spiro atoms. The molecule has 0 unspecified atom stereocenters. The van der Waals surface area contributed by atoms with E-state index in [1.54, 1.807) is 12.1 Å². The number of carboxylic acid groups (broad SMARTS) is 1. The number of nitrogens with zero attached hydrogens (tertiary/aromatic N) is 1.